The fourth-order valence-electron chi connectivity index (χ4n) is 3.59. The molecule has 0 aromatic heterocycles. The maximum Gasteiger partial charge on any atom is 0.276 e. The van der Waals surface area contributed by atoms with Crippen LogP contribution in [0.3, 0.4) is 0 Å². The molecule has 0 saturated carbocycles. The normalized spacial score (nSPS) is 20.7. The third-order valence-electron chi connectivity index (χ3n) is 4.83. The van der Waals surface area contributed by atoms with Gasteiger partial charge in [-0.25, -0.2) is 0 Å². The van der Waals surface area contributed by atoms with E-state index < -0.39 is 5.92 Å². The maximum absolute atomic E-state index is 13.2. The van der Waals surface area contributed by atoms with Crippen LogP contribution >= 0.6 is 0 Å². The largest absolute Gasteiger partial charge is 0.384 e. The lowest BCUT2D eigenvalue weighted by molar-refractivity contribution is -0.119. The van der Waals surface area contributed by atoms with Crippen LogP contribution in [0.15, 0.2) is 63.5 Å². The molecule has 1 amide bonds. The molecule has 1 unspecified atom stereocenters. The van der Waals surface area contributed by atoms with Crippen LogP contribution in [0.1, 0.15) is 22.3 Å². The molecular formula is C20H20N4O2. The Bertz CT molecular complexity index is 921. The highest BCUT2D eigenvalue weighted by Gasteiger charge is 2.41. The van der Waals surface area contributed by atoms with Gasteiger partial charge in [-0.15, -0.1) is 10.2 Å². The Balaban J connectivity index is 1.78. The summed E-state index contributed by atoms with van der Waals surface area (Å²) in [7, 11) is 4.06. The van der Waals surface area contributed by atoms with Gasteiger partial charge in [-0.2, -0.15) is 0 Å². The number of Topliss-reactive ketones (excluding diaryl/α,β-unsaturated/α-hetero) is 1. The minimum atomic E-state index is -0.526. The number of hydrogen-bond donors (Lipinski definition) is 1. The van der Waals surface area contributed by atoms with Crippen molar-refractivity contribution in [3.63, 3.8) is 0 Å². The van der Waals surface area contributed by atoms with Crippen molar-refractivity contribution >= 4 is 17.4 Å². The maximum atomic E-state index is 13.2. The van der Waals surface area contributed by atoms with Crippen LogP contribution in [-0.2, 0) is 4.79 Å². The van der Waals surface area contributed by atoms with Crippen LogP contribution in [0.2, 0.25) is 0 Å². The topological polar surface area (TPSA) is 74.1 Å². The van der Waals surface area contributed by atoms with E-state index in [-0.39, 0.29) is 11.7 Å². The minimum absolute atomic E-state index is 0.0614. The Kier molecular flexibility index (Phi) is 4.12. The Morgan fingerprint density at radius 3 is 2.65 bits per heavy atom. The summed E-state index contributed by atoms with van der Waals surface area (Å²) in [4.78, 5) is 27.5. The summed E-state index contributed by atoms with van der Waals surface area (Å²) in [5, 5.41) is 11.3. The SMILES string of the molecule is CN(C)CCCNC1=C2C(=O)c3ccccc3C3=C2C(C=C1)C(=O)N=N3. The molecule has 26 heavy (non-hydrogen) atoms. The number of fused-ring (bicyclic) bond motifs is 2. The average molecular weight is 348 g/mol. The van der Waals surface area contributed by atoms with Crippen molar-refractivity contribution in [2.45, 2.75) is 6.42 Å². The average Bonchev–Trinajstić information content (AvgIpc) is 2.64. The summed E-state index contributed by atoms with van der Waals surface area (Å²) in [5.74, 6) is -0.910. The minimum Gasteiger partial charge on any atom is -0.384 e. The number of allylic oxidation sites excluding steroid dienone is 2. The first-order chi connectivity index (χ1) is 12.6. The summed E-state index contributed by atoms with van der Waals surface area (Å²) < 4.78 is 0. The van der Waals surface area contributed by atoms with E-state index in [2.05, 4.69) is 20.4 Å². The number of hydrogen-bond acceptors (Lipinski definition) is 5. The number of rotatable bonds is 5. The lowest BCUT2D eigenvalue weighted by Gasteiger charge is -2.31. The standard InChI is InChI=1S/C20H20N4O2/c1-24(2)11-5-10-21-15-9-8-14-16-17(15)19(25)13-7-4-3-6-12(13)18(16)22-23-20(14)26/h3-4,6-9,14,21H,5,10-11H2,1-2H3. The first-order valence-electron chi connectivity index (χ1n) is 8.73. The van der Waals surface area contributed by atoms with E-state index in [1.54, 1.807) is 6.07 Å². The fraction of sp³-hybridized carbons (Fsp3) is 0.300. The number of carbonyl (C=O) groups excluding carboxylic acids is 2. The van der Waals surface area contributed by atoms with Gasteiger partial charge in [-0.1, -0.05) is 30.3 Å². The van der Waals surface area contributed by atoms with Crippen LogP contribution in [0, 0.1) is 5.92 Å². The number of ketones is 1. The highest BCUT2D eigenvalue weighted by molar-refractivity contribution is 6.20. The predicted molar refractivity (Wildman–Crippen MR) is 98.4 cm³/mol. The van der Waals surface area contributed by atoms with Crippen molar-refractivity contribution < 1.29 is 9.59 Å². The monoisotopic (exact) mass is 348 g/mol. The summed E-state index contributed by atoms with van der Waals surface area (Å²) in [5.41, 5.74) is 4.00. The molecule has 0 saturated heterocycles. The second-order valence-corrected chi connectivity index (χ2v) is 6.88. The fourth-order valence-corrected chi connectivity index (χ4v) is 3.59. The molecule has 0 bridgehead atoms. The molecule has 1 aromatic rings. The first-order valence-corrected chi connectivity index (χ1v) is 8.73. The van der Waals surface area contributed by atoms with E-state index in [4.69, 9.17) is 0 Å². The summed E-state index contributed by atoms with van der Waals surface area (Å²) >= 11 is 0. The van der Waals surface area contributed by atoms with Crippen LogP contribution in [-0.4, -0.2) is 43.8 Å². The van der Waals surface area contributed by atoms with Crippen molar-refractivity contribution in [1.82, 2.24) is 10.2 Å². The van der Waals surface area contributed by atoms with E-state index in [9.17, 15) is 9.59 Å². The zero-order chi connectivity index (χ0) is 18.3. The predicted octanol–water partition coefficient (Wildman–Crippen LogP) is 2.57. The molecule has 132 valence electrons. The van der Waals surface area contributed by atoms with Crippen molar-refractivity contribution in [2.75, 3.05) is 27.2 Å². The zero-order valence-electron chi connectivity index (χ0n) is 14.8. The van der Waals surface area contributed by atoms with Gasteiger partial charge >= 0.3 is 0 Å². The van der Waals surface area contributed by atoms with Gasteiger partial charge in [0.25, 0.3) is 5.91 Å². The molecular weight excluding hydrogens is 328 g/mol. The van der Waals surface area contributed by atoms with Gasteiger partial charge in [0.1, 0.15) is 0 Å². The highest BCUT2D eigenvalue weighted by atomic mass is 16.2. The van der Waals surface area contributed by atoms with Gasteiger partial charge in [-0.05, 0) is 33.1 Å². The third kappa shape index (κ3) is 2.63. The highest BCUT2D eigenvalue weighted by Crippen LogP contribution is 2.45. The first kappa shape index (κ1) is 16.6. The molecule has 6 heteroatoms. The molecule has 1 atom stereocenters. The number of nitrogens with one attached hydrogen (secondary N) is 1. The van der Waals surface area contributed by atoms with Crippen molar-refractivity contribution in [1.29, 1.82) is 0 Å². The lowest BCUT2D eigenvalue weighted by atomic mass is 9.75. The number of benzene rings is 1. The van der Waals surface area contributed by atoms with E-state index in [1.807, 2.05) is 44.4 Å². The molecule has 1 heterocycles. The Hall–Kier alpha value is -2.86. The number of azo groups is 1. The van der Waals surface area contributed by atoms with E-state index in [0.717, 1.165) is 30.8 Å². The van der Waals surface area contributed by atoms with E-state index in [1.165, 1.54) is 0 Å². The molecule has 0 radical (unpaired) electrons. The van der Waals surface area contributed by atoms with Crippen molar-refractivity contribution in [3.05, 3.63) is 64.4 Å². The number of carbonyl (C=O) groups is 2. The molecule has 0 fully saturated rings. The number of amides is 1. The van der Waals surface area contributed by atoms with Crippen LogP contribution in [0.4, 0.5) is 0 Å². The van der Waals surface area contributed by atoms with Crippen LogP contribution < -0.4 is 5.32 Å². The molecule has 1 N–H and O–H groups in total. The lowest BCUT2D eigenvalue weighted by Crippen LogP contribution is -2.32. The Morgan fingerprint density at radius 1 is 1.12 bits per heavy atom. The van der Waals surface area contributed by atoms with E-state index >= 15 is 0 Å². The zero-order valence-corrected chi connectivity index (χ0v) is 14.8. The van der Waals surface area contributed by atoms with E-state index in [0.29, 0.717) is 22.4 Å². The molecule has 0 spiro atoms. The van der Waals surface area contributed by atoms with Crippen LogP contribution in [0.25, 0.3) is 5.70 Å². The van der Waals surface area contributed by atoms with Crippen molar-refractivity contribution in [3.8, 4) is 0 Å². The molecule has 2 aliphatic carbocycles. The van der Waals surface area contributed by atoms with Crippen LogP contribution in [0.5, 0.6) is 0 Å². The Labute approximate surface area is 152 Å². The molecule has 4 rings (SSSR count). The summed E-state index contributed by atoms with van der Waals surface area (Å²) in [6, 6.07) is 7.38. The molecule has 1 aliphatic heterocycles. The second kappa shape index (κ2) is 6.46. The van der Waals surface area contributed by atoms with Gasteiger partial charge in [0.05, 0.1) is 17.2 Å². The summed E-state index contributed by atoms with van der Waals surface area (Å²) in [6.45, 7) is 1.71. The number of nitrogens with zero attached hydrogens (tertiary/aromatic N) is 3. The molecule has 3 aliphatic rings. The van der Waals surface area contributed by atoms with Gasteiger partial charge in [0.15, 0.2) is 5.78 Å². The van der Waals surface area contributed by atoms with Gasteiger partial charge < -0.3 is 10.2 Å². The van der Waals surface area contributed by atoms with Gasteiger partial charge in [0, 0.05) is 28.9 Å². The van der Waals surface area contributed by atoms with Crippen molar-refractivity contribution in [2.24, 2.45) is 16.1 Å². The second-order valence-electron chi connectivity index (χ2n) is 6.88. The molecule has 6 nitrogen and oxygen atoms in total. The smallest absolute Gasteiger partial charge is 0.276 e. The van der Waals surface area contributed by atoms with Gasteiger partial charge in [0.2, 0.25) is 0 Å². The van der Waals surface area contributed by atoms with Gasteiger partial charge in [-0.3, -0.25) is 9.59 Å². The Morgan fingerprint density at radius 2 is 1.88 bits per heavy atom. The quantitative estimate of drug-likeness (QED) is 0.830. The summed E-state index contributed by atoms with van der Waals surface area (Å²) in [6.07, 6.45) is 4.60. The third-order valence-corrected chi connectivity index (χ3v) is 4.83. The molecule has 1 aromatic carbocycles.